The van der Waals surface area contributed by atoms with E-state index in [-0.39, 0.29) is 17.3 Å². The molecule has 0 bridgehead atoms. The molecule has 0 radical (unpaired) electrons. The van der Waals surface area contributed by atoms with Crippen molar-refractivity contribution in [2.75, 3.05) is 6.54 Å². The lowest BCUT2D eigenvalue weighted by Crippen LogP contribution is -2.41. The Labute approximate surface area is 220 Å². The minimum absolute atomic E-state index is 0.00186. The maximum Gasteiger partial charge on any atom is 0.309 e. The summed E-state index contributed by atoms with van der Waals surface area (Å²) in [5.41, 5.74) is 7.40. The minimum atomic E-state index is -0.877. The number of hydrogen-bond donors (Lipinski definition) is 3. The number of aliphatic carboxylic acids is 1. The second kappa shape index (κ2) is 17.0. The quantitative estimate of drug-likeness (QED) is 0.135. The second-order valence-electron chi connectivity index (χ2n) is 11.3. The molecule has 1 fully saturated rings. The van der Waals surface area contributed by atoms with E-state index < -0.39 is 18.0 Å². The van der Waals surface area contributed by atoms with E-state index in [1.165, 1.54) is 50.5 Å². The first-order valence-electron chi connectivity index (χ1n) is 14.8. The van der Waals surface area contributed by atoms with Crippen molar-refractivity contribution in [3.05, 3.63) is 48.0 Å². The normalized spacial score (nSPS) is 18.8. The average Bonchev–Trinajstić information content (AvgIpc) is 3.34. The van der Waals surface area contributed by atoms with E-state index in [1.54, 1.807) is 6.92 Å². The summed E-state index contributed by atoms with van der Waals surface area (Å²) in [5.74, 6) is -1.50. The lowest BCUT2D eigenvalue weighted by atomic mass is 9.64. The summed E-state index contributed by atoms with van der Waals surface area (Å²) in [6.07, 6.45) is 20.6. The van der Waals surface area contributed by atoms with E-state index in [0.29, 0.717) is 6.54 Å². The van der Waals surface area contributed by atoms with E-state index in [9.17, 15) is 15.0 Å². The van der Waals surface area contributed by atoms with Gasteiger partial charge in [-0.15, -0.1) is 0 Å². The molecule has 1 aliphatic carbocycles. The zero-order valence-corrected chi connectivity index (χ0v) is 23.0. The predicted molar refractivity (Wildman–Crippen MR) is 151 cm³/mol. The molecule has 1 aliphatic rings. The van der Waals surface area contributed by atoms with E-state index in [0.717, 1.165) is 51.4 Å². The van der Waals surface area contributed by atoms with Crippen LogP contribution in [0.4, 0.5) is 0 Å². The van der Waals surface area contributed by atoms with Crippen molar-refractivity contribution in [2.45, 2.75) is 122 Å². The van der Waals surface area contributed by atoms with Crippen molar-refractivity contribution in [1.82, 2.24) is 0 Å². The standard InChI is InChI=1S/C32H53NO3/c1-3-4-5-6-7-8-9-10-11-13-18-27(21-24-33)29(30(26(2)34)31(35)36)25-32(22-16-17-23-32)28-19-14-12-15-20-28/h8-9,12,14-15,19-20,26-27,29-30,34H,3-7,10-11,13,16-18,21-25,33H2,1-2H3,(H,35,36). The lowest BCUT2D eigenvalue weighted by molar-refractivity contribution is -0.150. The van der Waals surface area contributed by atoms with Crippen molar-refractivity contribution in [3.8, 4) is 0 Å². The number of rotatable bonds is 19. The summed E-state index contributed by atoms with van der Waals surface area (Å²) in [6.45, 7) is 4.46. The summed E-state index contributed by atoms with van der Waals surface area (Å²) < 4.78 is 0. The van der Waals surface area contributed by atoms with Gasteiger partial charge >= 0.3 is 5.97 Å². The number of aliphatic hydroxyl groups excluding tert-OH is 1. The van der Waals surface area contributed by atoms with Gasteiger partial charge in [0.05, 0.1) is 12.0 Å². The second-order valence-corrected chi connectivity index (χ2v) is 11.3. The molecule has 0 saturated heterocycles. The molecule has 0 aromatic heterocycles. The number of carbonyl (C=O) groups is 1. The van der Waals surface area contributed by atoms with Gasteiger partial charge in [-0.3, -0.25) is 4.79 Å². The third-order valence-electron chi connectivity index (χ3n) is 8.57. The number of hydrogen-bond acceptors (Lipinski definition) is 3. The van der Waals surface area contributed by atoms with E-state index >= 15 is 0 Å². The SMILES string of the molecule is CCCCCCC=CCCCCC(CCN)C(CC1(c2ccccc2)CCCC1)C(C(=O)O)C(C)O. The number of unbranched alkanes of at least 4 members (excludes halogenated alkanes) is 6. The maximum absolute atomic E-state index is 12.4. The van der Waals surface area contributed by atoms with Crippen molar-refractivity contribution < 1.29 is 15.0 Å². The highest BCUT2D eigenvalue weighted by Gasteiger charge is 2.44. The van der Waals surface area contributed by atoms with Gasteiger partial charge in [0.25, 0.3) is 0 Å². The Kier molecular flexibility index (Phi) is 14.4. The summed E-state index contributed by atoms with van der Waals surface area (Å²) >= 11 is 0. The molecule has 36 heavy (non-hydrogen) atoms. The minimum Gasteiger partial charge on any atom is -0.481 e. The van der Waals surface area contributed by atoms with Crippen LogP contribution in [0.3, 0.4) is 0 Å². The smallest absolute Gasteiger partial charge is 0.309 e. The van der Waals surface area contributed by atoms with Crippen molar-refractivity contribution in [3.63, 3.8) is 0 Å². The molecule has 204 valence electrons. The van der Waals surface area contributed by atoms with Crippen LogP contribution in [0.15, 0.2) is 42.5 Å². The third-order valence-corrected chi connectivity index (χ3v) is 8.57. The zero-order chi connectivity index (χ0) is 26.2. The summed E-state index contributed by atoms with van der Waals surface area (Å²) in [5, 5.41) is 20.8. The largest absolute Gasteiger partial charge is 0.481 e. The molecule has 0 spiro atoms. The van der Waals surface area contributed by atoms with Crippen LogP contribution in [-0.4, -0.2) is 28.8 Å². The summed E-state index contributed by atoms with van der Waals surface area (Å²) in [4.78, 5) is 12.4. The molecule has 4 heteroatoms. The van der Waals surface area contributed by atoms with Gasteiger partial charge in [-0.1, -0.05) is 94.4 Å². The Balaban J connectivity index is 2.11. The molecule has 4 atom stereocenters. The number of aliphatic hydroxyl groups is 1. The fraction of sp³-hybridized carbons (Fsp3) is 0.719. The molecular formula is C32H53NO3. The molecule has 1 saturated carbocycles. The maximum atomic E-state index is 12.4. The summed E-state index contributed by atoms with van der Waals surface area (Å²) in [6, 6.07) is 10.7. The van der Waals surface area contributed by atoms with Crippen LogP contribution in [0.5, 0.6) is 0 Å². The first-order valence-corrected chi connectivity index (χ1v) is 14.8. The molecule has 1 aromatic rings. The van der Waals surface area contributed by atoms with Gasteiger partial charge in [-0.25, -0.2) is 0 Å². The Bertz CT molecular complexity index is 739. The van der Waals surface area contributed by atoms with Crippen LogP contribution < -0.4 is 5.73 Å². The van der Waals surface area contributed by atoms with E-state index in [4.69, 9.17) is 5.73 Å². The zero-order valence-electron chi connectivity index (χ0n) is 23.0. The molecule has 4 nitrogen and oxygen atoms in total. The first-order chi connectivity index (χ1) is 17.4. The van der Waals surface area contributed by atoms with Gasteiger partial charge in [0, 0.05) is 0 Å². The molecule has 0 amide bonds. The topological polar surface area (TPSA) is 83.6 Å². The molecule has 0 heterocycles. The van der Waals surface area contributed by atoms with Crippen LogP contribution in [0.2, 0.25) is 0 Å². The number of benzene rings is 1. The highest BCUT2D eigenvalue weighted by atomic mass is 16.4. The fourth-order valence-corrected chi connectivity index (χ4v) is 6.62. The molecule has 4 unspecified atom stereocenters. The van der Waals surface area contributed by atoms with Crippen LogP contribution in [-0.2, 0) is 10.2 Å². The number of nitrogens with two attached hydrogens (primary N) is 1. The molecule has 0 aliphatic heterocycles. The van der Waals surface area contributed by atoms with Gasteiger partial charge < -0.3 is 15.9 Å². The van der Waals surface area contributed by atoms with E-state index in [2.05, 4.69) is 49.4 Å². The highest BCUT2D eigenvalue weighted by molar-refractivity contribution is 5.71. The number of carboxylic acids is 1. The first kappa shape index (κ1) is 30.6. The van der Waals surface area contributed by atoms with Crippen LogP contribution >= 0.6 is 0 Å². The molecule has 2 rings (SSSR count). The molecular weight excluding hydrogens is 446 g/mol. The van der Waals surface area contributed by atoms with Crippen molar-refractivity contribution in [2.24, 2.45) is 23.5 Å². The Morgan fingerprint density at radius 3 is 2.19 bits per heavy atom. The number of allylic oxidation sites excluding steroid dienone is 2. The predicted octanol–water partition coefficient (Wildman–Crippen LogP) is 7.64. The van der Waals surface area contributed by atoms with Gasteiger partial charge in [0.2, 0.25) is 0 Å². The fourth-order valence-electron chi connectivity index (χ4n) is 6.62. The van der Waals surface area contributed by atoms with Gasteiger partial charge in [0.1, 0.15) is 0 Å². The molecule has 4 N–H and O–H groups in total. The lowest BCUT2D eigenvalue weighted by Gasteiger charge is -2.40. The Morgan fingerprint density at radius 2 is 1.64 bits per heavy atom. The van der Waals surface area contributed by atoms with Gasteiger partial charge in [-0.2, -0.15) is 0 Å². The van der Waals surface area contributed by atoms with Crippen LogP contribution in [0.1, 0.15) is 116 Å². The van der Waals surface area contributed by atoms with E-state index in [1.807, 2.05) is 0 Å². The average molecular weight is 500 g/mol. The van der Waals surface area contributed by atoms with Gasteiger partial charge in [0.15, 0.2) is 0 Å². The highest BCUT2D eigenvalue weighted by Crippen LogP contribution is 2.49. The van der Waals surface area contributed by atoms with Crippen molar-refractivity contribution in [1.29, 1.82) is 0 Å². The monoisotopic (exact) mass is 499 g/mol. The Morgan fingerprint density at radius 1 is 1.00 bits per heavy atom. The summed E-state index contributed by atoms with van der Waals surface area (Å²) in [7, 11) is 0. The number of carboxylic acid groups (broad SMARTS) is 1. The van der Waals surface area contributed by atoms with Gasteiger partial charge in [-0.05, 0) is 87.6 Å². The van der Waals surface area contributed by atoms with Crippen molar-refractivity contribution >= 4 is 5.97 Å². The van der Waals surface area contributed by atoms with Crippen LogP contribution in [0.25, 0.3) is 0 Å². The Hall–Kier alpha value is -1.65. The third kappa shape index (κ3) is 9.67. The van der Waals surface area contributed by atoms with Crippen LogP contribution in [0, 0.1) is 17.8 Å². The molecule has 1 aromatic carbocycles.